The molecule has 0 bridgehead atoms. The maximum atomic E-state index is 13.8. The van der Waals surface area contributed by atoms with Gasteiger partial charge in [0, 0.05) is 11.3 Å². The number of carbonyl (C=O) groups is 1. The van der Waals surface area contributed by atoms with E-state index in [2.05, 4.69) is 20.5 Å². The van der Waals surface area contributed by atoms with Crippen LogP contribution in [0.5, 0.6) is 0 Å². The predicted octanol–water partition coefficient (Wildman–Crippen LogP) is 1.08. The molecule has 1 unspecified atom stereocenters. The summed E-state index contributed by atoms with van der Waals surface area (Å²) in [5, 5.41) is 18.7. The lowest BCUT2D eigenvalue weighted by atomic mass is 10.1. The molecular formula is C10H7FN4O2S. The molecule has 6 nitrogen and oxygen atoms in total. The van der Waals surface area contributed by atoms with Gasteiger partial charge >= 0.3 is 0 Å². The third kappa shape index (κ3) is 1.75. The number of amides is 1. The summed E-state index contributed by atoms with van der Waals surface area (Å²) in [5.74, 6) is -1.07. The fourth-order valence-corrected chi connectivity index (χ4v) is 2.41. The number of anilines is 1. The van der Waals surface area contributed by atoms with Crippen molar-refractivity contribution in [2.24, 2.45) is 0 Å². The number of nitrogens with one attached hydrogen (secondary N) is 2. The van der Waals surface area contributed by atoms with Crippen LogP contribution < -0.4 is 5.32 Å². The van der Waals surface area contributed by atoms with E-state index in [1.165, 1.54) is 12.4 Å². The summed E-state index contributed by atoms with van der Waals surface area (Å²) in [6.45, 7) is 0. The summed E-state index contributed by atoms with van der Waals surface area (Å²) in [6, 6.07) is 2.61. The van der Waals surface area contributed by atoms with Crippen molar-refractivity contribution in [2.75, 3.05) is 5.32 Å². The van der Waals surface area contributed by atoms with Crippen molar-refractivity contribution in [3.8, 4) is 0 Å². The average molecular weight is 266 g/mol. The lowest BCUT2D eigenvalue weighted by Crippen LogP contribution is -2.10. The van der Waals surface area contributed by atoms with E-state index in [0.29, 0.717) is 15.7 Å². The predicted molar refractivity (Wildman–Crippen MR) is 60.5 cm³/mol. The lowest BCUT2D eigenvalue weighted by molar-refractivity contribution is -0.123. The van der Waals surface area contributed by atoms with Gasteiger partial charge in [-0.3, -0.25) is 9.89 Å². The minimum absolute atomic E-state index is 0.249. The van der Waals surface area contributed by atoms with E-state index in [9.17, 15) is 14.3 Å². The zero-order valence-electron chi connectivity index (χ0n) is 8.85. The number of nitrogens with zero attached hydrogens (tertiary/aromatic N) is 2. The van der Waals surface area contributed by atoms with Crippen molar-refractivity contribution in [1.82, 2.24) is 15.2 Å². The summed E-state index contributed by atoms with van der Waals surface area (Å²) >= 11 is 1.05. The first-order valence-corrected chi connectivity index (χ1v) is 5.82. The van der Waals surface area contributed by atoms with Crippen LogP contribution in [0.2, 0.25) is 0 Å². The molecule has 1 aliphatic heterocycles. The van der Waals surface area contributed by atoms with Crippen LogP contribution >= 0.6 is 11.8 Å². The van der Waals surface area contributed by atoms with E-state index in [4.69, 9.17) is 0 Å². The largest absolute Gasteiger partial charge is 0.378 e. The van der Waals surface area contributed by atoms with Gasteiger partial charge in [0.05, 0.1) is 4.90 Å². The minimum atomic E-state index is -1.31. The van der Waals surface area contributed by atoms with Crippen LogP contribution in [0.25, 0.3) is 0 Å². The molecular weight excluding hydrogens is 259 g/mol. The lowest BCUT2D eigenvalue weighted by Gasteiger charge is -2.05. The van der Waals surface area contributed by atoms with E-state index in [1.54, 1.807) is 0 Å². The number of aromatic nitrogens is 3. The summed E-state index contributed by atoms with van der Waals surface area (Å²) in [7, 11) is 0. The number of aromatic amines is 1. The molecule has 1 amide bonds. The quantitative estimate of drug-likeness (QED) is 0.756. The smallest absolute Gasteiger partial charge is 0.257 e. The zero-order valence-corrected chi connectivity index (χ0v) is 9.66. The molecule has 0 fully saturated rings. The first-order valence-electron chi connectivity index (χ1n) is 5.01. The van der Waals surface area contributed by atoms with Gasteiger partial charge in [0.2, 0.25) is 0 Å². The van der Waals surface area contributed by atoms with Gasteiger partial charge in [-0.25, -0.2) is 9.37 Å². The van der Waals surface area contributed by atoms with Crippen LogP contribution in [0.3, 0.4) is 0 Å². The maximum Gasteiger partial charge on any atom is 0.257 e. The van der Waals surface area contributed by atoms with E-state index in [-0.39, 0.29) is 5.56 Å². The van der Waals surface area contributed by atoms with Crippen molar-refractivity contribution in [2.45, 2.75) is 16.2 Å². The number of fused-ring (bicyclic) bond motifs is 1. The monoisotopic (exact) mass is 266 g/mol. The normalized spacial score (nSPS) is 17.7. The number of aliphatic hydroxyl groups is 1. The van der Waals surface area contributed by atoms with Gasteiger partial charge < -0.3 is 10.4 Å². The molecule has 0 saturated heterocycles. The Morgan fingerprint density at radius 3 is 3.00 bits per heavy atom. The summed E-state index contributed by atoms with van der Waals surface area (Å²) in [6.07, 6.45) is 0.0119. The molecule has 2 heterocycles. The highest BCUT2D eigenvalue weighted by Crippen LogP contribution is 2.37. The second-order valence-electron chi connectivity index (χ2n) is 3.65. The fraction of sp³-hybridized carbons (Fsp3) is 0.100. The van der Waals surface area contributed by atoms with Crippen molar-refractivity contribution in [1.29, 1.82) is 0 Å². The summed E-state index contributed by atoms with van der Waals surface area (Å²) < 4.78 is 13.8. The van der Waals surface area contributed by atoms with Crippen LogP contribution in [0.4, 0.5) is 10.1 Å². The Morgan fingerprint density at radius 2 is 2.28 bits per heavy atom. The second kappa shape index (κ2) is 4.07. The molecule has 3 rings (SSSR count). The topological polar surface area (TPSA) is 90.9 Å². The molecule has 0 aliphatic carbocycles. The number of hydrogen-bond donors (Lipinski definition) is 3. The highest BCUT2D eigenvalue weighted by Gasteiger charge is 2.30. The van der Waals surface area contributed by atoms with E-state index in [0.717, 1.165) is 17.8 Å². The Kier molecular flexibility index (Phi) is 2.53. The number of H-pyrrole nitrogens is 1. The Hall–Kier alpha value is -1.93. The molecule has 3 N–H and O–H groups in total. The third-order valence-electron chi connectivity index (χ3n) is 2.50. The van der Waals surface area contributed by atoms with Gasteiger partial charge in [0.1, 0.15) is 12.1 Å². The van der Waals surface area contributed by atoms with E-state index < -0.39 is 17.8 Å². The first-order chi connectivity index (χ1) is 8.65. The van der Waals surface area contributed by atoms with Crippen LogP contribution in [-0.4, -0.2) is 26.2 Å². The molecule has 18 heavy (non-hydrogen) atoms. The summed E-state index contributed by atoms with van der Waals surface area (Å²) in [5.41, 5.74) is 0.662. The Labute approximate surface area is 105 Å². The molecule has 1 aliphatic rings. The van der Waals surface area contributed by atoms with Gasteiger partial charge in [-0.15, -0.1) is 0 Å². The van der Waals surface area contributed by atoms with Crippen molar-refractivity contribution >= 4 is 23.4 Å². The maximum absolute atomic E-state index is 13.8. The van der Waals surface area contributed by atoms with Gasteiger partial charge in [-0.05, 0) is 23.9 Å². The standard InChI is InChI=1S/C10H7FN4O2S/c11-5-1-4-6(14-9(17)8(4)16)2-7(5)18-10-12-3-13-15-10/h1-3,8,16H,(H,14,17)(H,12,13,15). The molecule has 8 heteroatoms. The average Bonchev–Trinajstić information content (AvgIpc) is 2.92. The van der Waals surface area contributed by atoms with Gasteiger partial charge in [-0.1, -0.05) is 0 Å². The highest BCUT2D eigenvalue weighted by molar-refractivity contribution is 7.99. The fourth-order valence-electron chi connectivity index (χ4n) is 1.67. The first kappa shape index (κ1) is 11.2. The molecule has 1 aromatic heterocycles. The number of rotatable bonds is 2. The van der Waals surface area contributed by atoms with Crippen molar-refractivity contribution in [3.05, 3.63) is 29.8 Å². The number of benzene rings is 1. The number of aliphatic hydroxyl groups excluding tert-OH is 1. The van der Waals surface area contributed by atoms with E-state index in [1.807, 2.05) is 0 Å². The Bertz CT molecular complexity index is 617. The molecule has 0 spiro atoms. The number of hydrogen-bond acceptors (Lipinski definition) is 5. The van der Waals surface area contributed by atoms with Gasteiger partial charge in [-0.2, -0.15) is 5.10 Å². The van der Waals surface area contributed by atoms with E-state index >= 15 is 0 Å². The Morgan fingerprint density at radius 1 is 1.44 bits per heavy atom. The third-order valence-corrected chi connectivity index (χ3v) is 3.43. The second-order valence-corrected chi connectivity index (χ2v) is 4.69. The van der Waals surface area contributed by atoms with Crippen LogP contribution in [0.1, 0.15) is 11.7 Å². The molecule has 0 radical (unpaired) electrons. The number of halogens is 1. The SMILES string of the molecule is O=C1Nc2cc(Sc3ncn[nH]3)c(F)cc2C1O. The Balaban J connectivity index is 1.98. The zero-order chi connectivity index (χ0) is 12.7. The summed E-state index contributed by atoms with van der Waals surface area (Å²) in [4.78, 5) is 15.4. The molecule has 1 atom stereocenters. The van der Waals surface area contributed by atoms with Crippen LogP contribution in [0, 0.1) is 5.82 Å². The van der Waals surface area contributed by atoms with Crippen molar-refractivity contribution in [3.63, 3.8) is 0 Å². The molecule has 92 valence electrons. The van der Waals surface area contributed by atoms with Crippen molar-refractivity contribution < 1.29 is 14.3 Å². The molecule has 0 saturated carbocycles. The highest BCUT2D eigenvalue weighted by atomic mass is 32.2. The number of carbonyl (C=O) groups excluding carboxylic acids is 1. The minimum Gasteiger partial charge on any atom is -0.378 e. The molecule has 2 aromatic rings. The van der Waals surface area contributed by atoms with Crippen LogP contribution in [-0.2, 0) is 4.79 Å². The van der Waals surface area contributed by atoms with Crippen LogP contribution in [0.15, 0.2) is 28.5 Å². The van der Waals surface area contributed by atoms with Gasteiger partial charge in [0.15, 0.2) is 11.3 Å². The van der Waals surface area contributed by atoms with Gasteiger partial charge in [0.25, 0.3) is 5.91 Å². The molecule has 1 aromatic carbocycles.